The monoisotopic (exact) mass is 266 g/mol. The number of aliphatic imine (C=N–C) groups is 1. The fourth-order valence-electron chi connectivity index (χ4n) is 3.20. The summed E-state index contributed by atoms with van der Waals surface area (Å²) in [6.07, 6.45) is 8.38. The van der Waals surface area contributed by atoms with Gasteiger partial charge in [-0.2, -0.15) is 0 Å². The van der Waals surface area contributed by atoms with E-state index in [1.165, 1.54) is 43.7 Å². The van der Waals surface area contributed by atoms with Crippen LogP contribution in [0.5, 0.6) is 0 Å². The normalized spacial score (nSPS) is 28.0. The molecule has 102 valence electrons. The van der Waals surface area contributed by atoms with Gasteiger partial charge in [0.05, 0.1) is 6.54 Å². The van der Waals surface area contributed by atoms with Gasteiger partial charge in [0, 0.05) is 11.3 Å². The Hall–Kier alpha value is -0.180. The van der Waals surface area contributed by atoms with Crippen LogP contribution in [0.15, 0.2) is 4.99 Å². The first-order valence-electron chi connectivity index (χ1n) is 7.79. The van der Waals surface area contributed by atoms with E-state index in [0.717, 1.165) is 35.6 Å². The van der Waals surface area contributed by atoms with Crippen LogP contribution in [0.3, 0.4) is 0 Å². The average molecular weight is 266 g/mol. The van der Waals surface area contributed by atoms with Gasteiger partial charge in [0.1, 0.15) is 0 Å². The highest BCUT2D eigenvalue weighted by atomic mass is 32.2. The van der Waals surface area contributed by atoms with Crippen molar-refractivity contribution in [1.82, 2.24) is 5.32 Å². The molecule has 0 aromatic rings. The minimum atomic E-state index is 0.738. The van der Waals surface area contributed by atoms with E-state index >= 15 is 0 Å². The molecular weight excluding hydrogens is 240 g/mol. The highest BCUT2D eigenvalue weighted by Crippen LogP contribution is 2.45. The van der Waals surface area contributed by atoms with Crippen molar-refractivity contribution in [2.24, 2.45) is 22.7 Å². The maximum Gasteiger partial charge on any atom is 0.157 e. The molecule has 2 saturated carbocycles. The minimum absolute atomic E-state index is 0.738. The molecule has 0 amide bonds. The third-order valence-corrected chi connectivity index (χ3v) is 6.11. The summed E-state index contributed by atoms with van der Waals surface area (Å²) in [5.74, 6) is 2.78. The summed E-state index contributed by atoms with van der Waals surface area (Å²) in [6, 6.07) is 0.761. The molecular formula is C15H26N2S. The van der Waals surface area contributed by atoms with Crippen LogP contribution in [-0.2, 0) is 0 Å². The number of rotatable bonds is 6. The van der Waals surface area contributed by atoms with Crippen molar-refractivity contribution >= 4 is 16.9 Å². The van der Waals surface area contributed by atoms with Crippen LogP contribution in [0.1, 0.15) is 52.4 Å². The zero-order valence-corrected chi connectivity index (χ0v) is 12.5. The molecule has 0 spiro atoms. The van der Waals surface area contributed by atoms with E-state index in [0.29, 0.717) is 0 Å². The molecule has 0 aromatic heterocycles. The molecule has 2 nitrogen and oxygen atoms in total. The Labute approximate surface area is 115 Å². The van der Waals surface area contributed by atoms with E-state index in [-0.39, 0.29) is 0 Å². The maximum atomic E-state index is 4.76. The van der Waals surface area contributed by atoms with Crippen molar-refractivity contribution in [3.05, 3.63) is 0 Å². The second kappa shape index (κ2) is 5.44. The van der Waals surface area contributed by atoms with Gasteiger partial charge in [-0.15, -0.1) is 0 Å². The average Bonchev–Trinajstić information content (AvgIpc) is 3.29. The van der Waals surface area contributed by atoms with E-state index in [4.69, 9.17) is 4.99 Å². The summed E-state index contributed by atoms with van der Waals surface area (Å²) in [5, 5.41) is 5.78. The van der Waals surface area contributed by atoms with Gasteiger partial charge in [-0.25, -0.2) is 0 Å². The van der Waals surface area contributed by atoms with Crippen molar-refractivity contribution in [3.8, 4) is 0 Å². The SMILES string of the molecule is CCC(CC)C1CN=C(NC(C2CC2)C2CC2)S1. The number of nitrogens with one attached hydrogen (secondary N) is 1. The van der Waals surface area contributed by atoms with Crippen LogP contribution < -0.4 is 5.32 Å². The fraction of sp³-hybridized carbons (Fsp3) is 0.933. The molecule has 18 heavy (non-hydrogen) atoms. The zero-order chi connectivity index (χ0) is 12.5. The van der Waals surface area contributed by atoms with Crippen LogP contribution in [0, 0.1) is 17.8 Å². The minimum Gasteiger partial charge on any atom is -0.362 e. The highest BCUT2D eigenvalue weighted by Gasteiger charge is 2.42. The van der Waals surface area contributed by atoms with Crippen LogP contribution in [0.4, 0.5) is 0 Å². The topological polar surface area (TPSA) is 24.4 Å². The summed E-state index contributed by atoms with van der Waals surface area (Å²) < 4.78 is 0. The largest absolute Gasteiger partial charge is 0.362 e. The lowest BCUT2D eigenvalue weighted by molar-refractivity contribution is 0.478. The Balaban J connectivity index is 1.51. The van der Waals surface area contributed by atoms with Crippen LogP contribution in [-0.4, -0.2) is 23.0 Å². The molecule has 2 fully saturated rings. The van der Waals surface area contributed by atoms with Gasteiger partial charge >= 0.3 is 0 Å². The molecule has 1 unspecified atom stereocenters. The molecule has 0 radical (unpaired) electrons. The summed E-state index contributed by atoms with van der Waals surface area (Å²) in [7, 11) is 0. The predicted molar refractivity (Wildman–Crippen MR) is 80.1 cm³/mol. The number of thioether (sulfide) groups is 1. The van der Waals surface area contributed by atoms with E-state index < -0.39 is 0 Å². The number of nitrogens with zero attached hydrogens (tertiary/aromatic N) is 1. The molecule has 1 atom stereocenters. The fourth-order valence-corrected chi connectivity index (χ4v) is 4.57. The lowest BCUT2D eigenvalue weighted by atomic mass is 9.99. The Morgan fingerprint density at radius 1 is 1.17 bits per heavy atom. The third kappa shape index (κ3) is 2.87. The van der Waals surface area contributed by atoms with Gasteiger partial charge in [-0.1, -0.05) is 38.5 Å². The predicted octanol–water partition coefficient (Wildman–Crippen LogP) is 3.67. The van der Waals surface area contributed by atoms with Gasteiger partial charge in [0.15, 0.2) is 5.17 Å². The van der Waals surface area contributed by atoms with Crippen molar-refractivity contribution in [2.75, 3.05) is 6.54 Å². The quantitative estimate of drug-likeness (QED) is 0.793. The highest BCUT2D eigenvalue weighted by molar-refractivity contribution is 8.14. The van der Waals surface area contributed by atoms with Crippen molar-refractivity contribution in [2.45, 2.75) is 63.7 Å². The maximum absolute atomic E-state index is 4.76. The summed E-state index contributed by atoms with van der Waals surface area (Å²) >= 11 is 2.03. The number of amidine groups is 1. The third-order valence-electron chi connectivity index (χ3n) is 4.80. The lowest BCUT2D eigenvalue weighted by Crippen LogP contribution is -2.36. The molecule has 1 heterocycles. The van der Waals surface area contributed by atoms with Gasteiger partial charge in [0.2, 0.25) is 0 Å². The first-order valence-corrected chi connectivity index (χ1v) is 8.67. The van der Waals surface area contributed by atoms with E-state index in [9.17, 15) is 0 Å². The smallest absolute Gasteiger partial charge is 0.157 e. The Morgan fingerprint density at radius 3 is 2.28 bits per heavy atom. The molecule has 2 aliphatic carbocycles. The first kappa shape index (κ1) is 12.8. The molecule has 0 aromatic carbocycles. The molecule has 1 aliphatic heterocycles. The van der Waals surface area contributed by atoms with Gasteiger partial charge in [-0.3, -0.25) is 4.99 Å². The molecule has 3 rings (SSSR count). The van der Waals surface area contributed by atoms with Gasteiger partial charge < -0.3 is 5.32 Å². The molecule has 0 bridgehead atoms. The summed E-state index contributed by atoms with van der Waals surface area (Å²) in [6.45, 7) is 5.68. The van der Waals surface area contributed by atoms with Crippen molar-refractivity contribution in [1.29, 1.82) is 0 Å². The second-order valence-electron chi connectivity index (χ2n) is 6.22. The van der Waals surface area contributed by atoms with Gasteiger partial charge in [0.25, 0.3) is 0 Å². The second-order valence-corrected chi connectivity index (χ2v) is 7.45. The van der Waals surface area contributed by atoms with E-state index in [1.807, 2.05) is 11.8 Å². The summed E-state index contributed by atoms with van der Waals surface area (Å²) in [4.78, 5) is 4.76. The molecule has 0 saturated heterocycles. The van der Waals surface area contributed by atoms with Crippen molar-refractivity contribution < 1.29 is 0 Å². The Kier molecular flexibility index (Phi) is 3.88. The van der Waals surface area contributed by atoms with Crippen LogP contribution in [0.25, 0.3) is 0 Å². The molecule has 3 heteroatoms. The van der Waals surface area contributed by atoms with E-state index in [2.05, 4.69) is 19.2 Å². The molecule has 1 N–H and O–H groups in total. The summed E-state index contributed by atoms with van der Waals surface area (Å²) in [5.41, 5.74) is 0. The van der Waals surface area contributed by atoms with Gasteiger partial charge in [-0.05, 0) is 43.4 Å². The standard InChI is InChI=1S/C15H26N2S/c1-3-10(4-2)13-9-16-15(18-13)17-14(11-5-6-11)12-7-8-12/h10-14H,3-9H2,1-2H3,(H,16,17). The Morgan fingerprint density at radius 2 is 1.78 bits per heavy atom. The first-order chi connectivity index (χ1) is 8.81. The number of hydrogen-bond donors (Lipinski definition) is 1. The van der Waals surface area contributed by atoms with Crippen molar-refractivity contribution in [3.63, 3.8) is 0 Å². The number of hydrogen-bond acceptors (Lipinski definition) is 3. The zero-order valence-electron chi connectivity index (χ0n) is 11.7. The lowest BCUT2D eigenvalue weighted by Gasteiger charge is -2.21. The van der Waals surface area contributed by atoms with Crippen LogP contribution >= 0.6 is 11.8 Å². The Bertz CT molecular complexity index is 304. The van der Waals surface area contributed by atoms with Crippen LogP contribution in [0.2, 0.25) is 0 Å². The van der Waals surface area contributed by atoms with E-state index in [1.54, 1.807) is 0 Å². The molecule has 3 aliphatic rings.